The van der Waals surface area contributed by atoms with E-state index in [1.165, 1.54) is 0 Å². The van der Waals surface area contributed by atoms with E-state index in [1.54, 1.807) is 20.4 Å². The van der Waals surface area contributed by atoms with Crippen molar-refractivity contribution in [3.8, 4) is 22.6 Å². The standard InChI is InChI=1S/C23H26N4O2/c1-5-15(2)26-9-7-17(13-26)27-14-20(22-21(27)6-8-25-23(22)24)16-10-18(28-3)12-19(11-16)29-4/h5-6,8,10-12,14,17H,1-2,7,9,13H2,3-4H3,(H2,24,25)/t17-/m0/s1. The Bertz CT molecular complexity index is 1060. The molecule has 0 bridgehead atoms. The number of anilines is 1. The molecule has 150 valence electrons. The summed E-state index contributed by atoms with van der Waals surface area (Å²) in [4.78, 5) is 6.61. The number of nitrogens with two attached hydrogens (primary N) is 1. The van der Waals surface area contributed by atoms with Crippen LogP contribution in [-0.4, -0.2) is 41.8 Å². The van der Waals surface area contributed by atoms with Crippen molar-refractivity contribution in [1.82, 2.24) is 14.5 Å². The smallest absolute Gasteiger partial charge is 0.133 e. The molecule has 0 spiro atoms. The molecule has 1 fully saturated rings. The second-order valence-corrected chi connectivity index (χ2v) is 7.23. The fourth-order valence-electron chi connectivity index (χ4n) is 4.07. The second kappa shape index (κ2) is 7.54. The molecule has 2 aromatic heterocycles. The number of aromatic nitrogens is 2. The van der Waals surface area contributed by atoms with Crippen molar-refractivity contribution < 1.29 is 9.47 Å². The Morgan fingerprint density at radius 2 is 1.97 bits per heavy atom. The highest BCUT2D eigenvalue weighted by Crippen LogP contribution is 2.39. The van der Waals surface area contributed by atoms with Crippen LogP contribution in [-0.2, 0) is 0 Å². The Balaban J connectivity index is 1.85. The summed E-state index contributed by atoms with van der Waals surface area (Å²) < 4.78 is 13.2. The lowest BCUT2D eigenvalue weighted by molar-refractivity contribution is 0.394. The van der Waals surface area contributed by atoms with Crippen molar-refractivity contribution >= 4 is 16.7 Å². The van der Waals surface area contributed by atoms with E-state index < -0.39 is 0 Å². The van der Waals surface area contributed by atoms with Gasteiger partial charge in [-0.1, -0.05) is 13.2 Å². The quantitative estimate of drug-likeness (QED) is 0.638. The van der Waals surface area contributed by atoms with Gasteiger partial charge in [-0.3, -0.25) is 0 Å². The number of nitrogens with zero attached hydrogens (tertiary/aromatic N) is 3. The van der Waals surface area contributed by atoms with Crippen LogP contribution in [0.25, 0.3) is 22.0 Å². The highest BCUT2D eigenvalue weighted by molar-refractivity contribution is 6.02. The van der Waals surface area contributed by atoms with E-state index in [9.17, 15) is 0 Å². The lowest BCUT2D eigenvalue weighted by Gasteiger charge is -2.19. The molecule has 1 aliphatic heterocycles. The molecule has 3 aromatic rings. The number of methoxy groups -OCH3 is 2. The summed E-state index contributed by atoms with van der Waals surface area (Å²) in [5.41, 5.74) is 10.4. The van der Waals surface area contributed by atoms with Gasteiger partial charge in [-0.15, -0.1) is 0 Å². The summed E-state index contributed by atoms with van der Waals surface area (Å²) in [6.45, 7) is 9.78. The van der Waals surface area contributed by atoms with Crippen LogP contribution < -0.4 is 15.2 Å². The number of fused-ring (bicyclic) bond motifs is 1. The molecule has 0 amide bonds. The van der Waals surface area contributed by atoms with Gasteiger partial charge >= 0.3 is 0 Å². The molecule has 6 nitrogen and oxygen atoms in total. The van der Waals surface area contributed by atoms with Gasteiger partial charge in [0.2, 0.25) is 0 Å². The van der Waals surface area contributed by atoms with Crippen LogP contribution in [0.5, 0.6) is 11.5 Å². The predicted octanol–water partition coefficient (Wildman–Crippen LogP) is 4.25. The number of benzene rings is 1. The van der Waals surface area contributed by atoms with Crippen molar-refractivity contribution in [3.63, 3.8) is 0 Å². The Morgan fingerprint density at radius 3 is 2.62 bits per heavy atom. The largest absolute Gasteiger partial charge is 0.497 e. The van der Waals surface area contributed by atoms with Crippen molar-refractivity contribution in [2.75, 3.05) is 33.0 Å². The number of nitrogen functional groups attached to an aromatic ring is 1. The minimum absolute atomic E-state index is 0.317. The van der Waals surface area contributed by atoms with Crippen molar-refractivity contribution in [3.05, 3.63) is 61.6 Å². The van der Waals surface area contributed by atoms with Gasteiger partial charge in [-0.2, -0.15) is 0 Å². The average Bonchev–Trinajstić information content (AvgIpc) is 3.38. The number of allylic oxidation sites excluding steroid dienone is 1. The van der Waals surface area contributed by atoms with E-state index in [2.05, 4.69) is 33.8 Å². The highest BCUT2D eigenvalue weighted by atomic mass is 16.5. The molecule has 1 aliphatic rings. The highest BCUT2D eigenvalue weighted by Gasteiger charge is 2.26. The molecule has 29 heavy (non-hydrogen) atoms. The normalized spacial score (nSPS) is 16.2. The fourth-order valence-corrected chi connectivity index (χ4v) is 4.07. The number of hydrogen-bond donors (Lipinski definition) is 1. The van der Waals surface area contributed by atoms with Gasteiger partial charge in [-0.05, 0) is 36.3 Å². The number of pyridine rings is 1. The van der Waals surface area contributed by atoms with E-state index >= 15 is 0 Å². The monoisotopic (exact) mass is 390 g/mol. The first-order valence-electron chi connectivity index (χ1n) is 9.60. The van der Waals surface area contributed by atoms with Gasteiger partial charge in [-0.25, -0.2) is 4.98 Å². The van der Waals surface area contributed by atoms with Gasteiger partial charge in [0, 0.05) is 48.2 Å². The van der Waals surface area contributed by atoms with Crippen LogP contribution in [0.3, 0.4) is 0 Å². The maximum absolute atomic E-state index is 6.32. The average molecular weight is 390 g/mol. The van der Waals surface area contributed by atoms with Crippen LogP contribution in [0.2, 0.25) is 0 Å². The summed E-state index contributed by atoms with van der Waals surface area (Å²) in [5, 5.41) is 0.948. The number of rotatable bonds is 6. The molecule has 2 N–H and O–H groups in total. The topological polar surface area (TPSA) is 65.5 Å². The maximum atomic E-state index is 6.32. The summed E-state index contributed by atoms with van der Waals surface area (Å²) in [5.74, 6) is 1.98. The Hall–Kier alpha value is -3.41. The molecule has 0 aliphatic carbocycles. The molecule has 0 unspecified atom stereocenters. The third-order valence-corrected chi connectivity index (χ3v) is 5.64. The van der Waals surface area contributed by atoms with Gasteiger partial charge in [0.05, 0.1) is 25.8 Å². The van der Waals surface area contributed by atoms with Crippen LogP contribution >= 0.6 is 0 Å². The van der Waals surface area contributed by atoms with Gasteiger partial charge in [0.15, 0.2) is 0 Å². The zero-order valence-electron chi connectivity index (χ0n) is 16.9. The van der Waals surface area contributed by atoms with Crippen LogP contribution in [0, 0.1) is 0 Å². The van der Waals surface area contributed by atoms with E-state index in [4.69, 9.17) is 15.2 Å². The summed E-state index contributed by atoms with van der Waals surface area (Å²) in [6.07, 6.45) is 6.77. The van der Waals surface area contributed by atoms with Gasteiger partial charge < -0.3 is 24.7 Å². The van der Waals surface area contributed by atoms with E-state index in [0.29, 0.717) is 11.9 Å². The summed E-state index contributed by atoms with van der Waals surface area (Å²) >= 11 is 0. The molecule has 1 saturated heterocycles. The minimum atomic E-state index is 0.317. The SMILES string of the molecule is C=CC(=C)N1CC[C@H](n2cc(-c3cc(OC)cc(OC)c3)c3c(N)nccc32)C1. The molecule has 1 atom stereocenters. The summed E-state index contributed by atoms with van der Waals surface area (Å²) in [7, 11) is 3.30. The molecule has 6 heteroatoms. The minimum Gasteiger partial charge on any atom is -0.497 e. The first-order chi connectivity index (χ1) is 14.0. The number of likely N-dealkylation sites (tertiary alicyclic amines) is 1. The molecule has 3 heterocycles. The third kappa shape index (κ3) is 3.31. The lowest BCUT2D eigenvalue weighted by atomic mass is 10.0. The first kappa shape index (κ1) is 18.9. The van der Waals surface area contributed by atoms with Crippen LogP contribution in [0.4, 0.5) is 5.82 Å². The zero-order valence-corrected chi connectivity index (χ0v) is 16.9. The molecule has 1 aromatic carbocycles. The van der Waals surface area contributed by atoms with E-state index in [0.717, 1.165) is 58.7 Å². The van der Waals surface area contributed by atoms with Crippen molar-refractivity contribution in [2.24, 2.45) is 0 Å². The Kier molecular flexibility index (Phi) is 4.92. The lowest BCUT2D eigenvalue weighted by Crippen LogP contribution is -2.19. The summed E-state index contributed by atoms with van der Waals surface area (Å²) in [6, 6.07) is 8.19. The van der Waals surface area contributed by atoms with Gasteiger partial charge in [0.25, 0.3) is 0 Å². The van der Waals surface area contributed by atoms with Crippen molar-refractivity contribution in [2.45, 2.75) is 12.5 Å². The van der Waals surface area contributed by atoms with Crippen LogP contribution in [0.1, 0.15) is 12.5 Å². The van der Waals surface area contributed by atoms with Gasteiger partial charge in [0.1, 0.15) is 17.3 Å². The molecule has 0 saturated carbocycles. The fraction of sp³-hybridized carbons (Fsp3) is 0.261. The van der Waals surface area contributed by atoms with E-state index in [1.807, 2.05) is 30.3 Å². The number of hydrogen-bond acceptors (Lipinski definition) is 5. The molecule has 4 rings (SSSR count). The Morgan fingerprint density at radius 1 is 1.24 bits per heavy atom. The third-order valence-electron chi connectivity index (χ3n) is 5.64. The van der Waals surface area contributed by atoms with E-state index in [-0.39, 0.29) is 0 Å². The zero-order chi connectivity index (χ0) is 20.5. The molecule has 0 radical (unpaired) electrons. The predicted molar refractivity (Wildman–Crippen MR) is 117 cm³/mol. The second-order valence-electron chi connectivity index (χ2n) is 7.23. The first-order valence-corrected chi connectivity index (χ1v) is 9.60. The molecular weight excluding hydrogens is 364 g/mol. The molecular formula is C23H26N4O2. The Labute approximate surface area is 170 Å². The maximum Gasteiger partial charge on any atom is 0.133 e. The number of ether oxygens (including phenoxy) is 2. The van der Waals surface area contributed by atoms with Crippen molar-refractivity contribution in [1.29, 1.82) is 0 Å². The van der Waals surface area contributed by atoms with Crippen LogP contribution in [0.15, 0.2) is 61.6 Å².